The monoisotopic (exact) mass is 511 g/mol. The Labute approximate surface area is 202 Å². The summed E-state index contributed by atoms with van der Waals surface area (Å²) in [6.45, 7) is 1.99. The minimum atomic E-state index is -4.65. The zero-order valence-electron chi connectivity index (χ0n) is 18.9. The van der Waals surface area contributed by atoms with Gasteiger partial charge in [0.15, 0.2) is 0 Å². The van der Waals surface area contributed by atoms with Crippen LogP contribution in [0.1, 0.15) is 12.5 Å². The number of aromatic nitrogens is 3. The van der Waals surface area contributed by atoms with Crippen LogP contribution in [0.4, 0.5) is 32.4 Å². The first-order chi connectivity index (χ1) is 17.0. The molecule has 36 heavy (non-hydrogen) atoms. The number of alkyl halides is 4. The van der Waals surface area contributed by atoms with Crippen LogP contribution in [0.3, 0.4) is 0 Å². The van der Waals surface area contributed by atoms with E-state index in [2.05, 4.69) is 14.8 Å². The molecule has 2 aromatic carbocycles. The molecule has 0 radical (unpaired) electrons. The van der Waals surface area contributed by atoms with Crippen LogP contribution in [0.5, 0.6) is 5.75 Å². The van der Waals surface area contributed by atoms with E-state index in [1.165, 1.54) is 63.5 Å². The molecule has 1 saturated heterocycles. The van der Waals surface area contributed by atoms with Crippen LogP contribution >= 0.6 is 0 Å². The minimum Gasteiger partial charge on any atom is -0.428 e. The number of anilines is 1. The molecule has 2 heterocycles. The largest absolute Gasteiger partial charge is 0.461 e. The molecule has 0 unspecified atom stereocenters. The smallest absolute Gasteiger partial charge is 0.428 e. The molecule has 1 N–H and O–H groups in total. The van der Waals surface area contributed by atoms with E-state index in [-0.39, 0.29) is 19.6 Å². The number of hydrogen-bond donors (Lipinski definition) is 1. The van der Waals surface area contributed by atoms with Crippen molar-refractivity contribution in [3.8, 4) is 5.75 Å². The number of hydrogen-bond acceptors (Lipinski definition) is 5. The number of aliphatic hydroxyl groups is 1. The highest BCUT2D eigenvalue weighted by atomic mass is 19.3. The molecule has 2 atom stereocenters. The SMILES string of the molecule is C[C@@H](N1CCN(c2ccc(OC(F)(F)C(F)F)cc2)C1=O)[C@](O)(Cn1cncn1)c1ccc(F)cc1. The summed E-state index contributed by atoms with van der Waals surface area (Å²) < 4.78 is 70.0. The first-order valence-electron chi connectivity index (χ1n) is 10.9. The van der Waals surface area contributed by atoms with Gasteiger partial charge in [-0.2, -0.15) is 22.7 Å². The number of halogens is 5. The van der Waals surface area contributed by atoms with E-state index in [4.69, 9.17) is 0 Å². The standard InChI is InChI=1S/C23H22F5N5O3/c1-15(22(35,12-31-14-29-13-30-31)16-2-4-17(24)5-3-16)32-10-11-33(21(32)34)18-6-8-19(9-7-18)36-23(27,28)20(25)26/h2-9,13-15,20,35H,10-12H2,1H3/t15-,22-/m1/s1. The third kappa shape index (κ3) is 4.96. The van der Waals surface area contributed by atoms with Gasteiger partial charge < -0.3 is 14.7 Å². The Morgan fingerprint density at radius 1 is 1.08 bits per heavy atom. The molecule has 0 aliphatic carbocycles. The molecule has 1 aliphatic heterocycles. The third-order valence-electron chi connectivity index (χ3n) is 6.07. The van der Waals surface area contributed by atoms with Gasteiger partial charge in [-0.05, 0) is 48.9 Å². The Kier molecular flexibility index (Phi) is 6.85. The molecular formula is C23H22F5N5O3. The molecule has 0 bridgehead atoms. The van der Waals surface area contributed by atoms with E-state index in [0.29, 0.717) is 11.3 Å². The Balaban J connectivity index is 1.55. The van der Waals surface area contributed by atoms with E-state index >= 15 is 0 Å². The van der Waals surface area contributed by atoms with Crippen LogP contribution in [0, 0.1) is 5.82 Å². The highest BCUT2D eigenvalue weighted by Crippen LogP contribution is 2.34. The molecule has 2 amide bonds. The Morgan fingerprint density at radius 3 is 2.33 bits per heavy atom. The summed E-state index contributed by atoms with van der Waals surface area (Å²) in [6, 6.07) is 8.68. The van der Waals surface area contributed by atoms with E-state index in [1.54, 1.807) is 6.92 Å². The van der Waals surface area contributed by atoms with Crippen molar-refractivity contribution in [3.05, 3.63) is 72.6 Å². The first kappa shape index (κ1) is 25.4. The van der Waals surface area contributed by atoms with Crippen molar-refractivity contribution in [2.75, 3.05) is 18.0 Å². The molecule has 0 spiro atoms. The molecule has 13 heteroatoms. The predicted octanol–water partition coefficient (Wildman–Crippen LogP) is 3.87. The third-order valence-corrected chi connectivity index (χ3v) is 6.07. The lowest BCUT2D eigenvalue weighted by molar-refractivity contribution is -0.253. The van der Waals surface area contributed by atoms with Crippen molar-refractivity contribution in [3.63, 3.8) is 0 Å². The van der Waals surface area contributed by atoms with Gasteiger partial charge in [0.05, 0.1) is 12.6 Å². The lowest BCUT2D eigenvalue weighted by atomic mass is 9.86. The van der Waals surface area contributed by atoms with Gasteiger partial charge in [0, 0.05) is 18.8 Å². The zero-order valence-corrected chi connectivity index (χ0v) is 18.9. The number of amides is 2. The van der Waals surface area contributed by atoms with Gasteiger partial charge in [-0.1, -0.05) is 12.1 Å². The van der Waals surface area contributed by atoms with Crippen LogP contribution in [-0.2, 0) is 12.1 Å². The maximum Gasteiger partial charge on any atom is 0.461 e. The summed E-state index contributed by atoms with van der Waals surface area (Å²) in [6.07, 6.45) is -5.94. The van der Waals surface area contributed by atoms with E-state index in [0.717, 1.165) is 12.1 Å². The summed E-state index contributed by atoms with van der Waals surface area (Å²) in [5.41, 5.74) is -0.991. The number of benzene rings is 2. The fourth-order valence-electron chi connectivity index (χ4n) is 4.07. The van der Waals surface area contributed by atoms with Crippen molar-refractivity contribution in [2.24, 2.45) is 0 Å². The molecule has 8 nitrogen and oxygen atoms in total. The second-order valence-corrected chi connectivity index (χ2v) is 8.29. The number of rotatable bonds is 9. The molecule has 4 rings (SSSR count). The molecule has 0 saturated carbocycles. The number of carbonyl (C=O) groups is 1. The van der Waals surface area contributed by atoms with Crippen LogP contribution in [0.2, 0.25) is 0 Å². The summed E-state index contributed by atoms with van der Waals surface area (Å²) in [4.78, 5) is 19.9. The fourth-order valence-corrected chi connectivity index (χ4v) is 4.07. The number of urea groups is 1. The Hall–Kier alpha value is -3.74. The zero-order chi connectivity index (χ0) is 26.1. The maximum absolute atomic E-state index is 13.5. The molecule has 1 fully saturated rings. The van der Waals surface area contributed by atoms with Crippen LogP contribution in [-0.4, -0.2) is 62.5 Å². The maximum atomic E-state index is 13.5. The molecule has 3 aromatic rings. The predicted molar refractivity (Wildman–Crippen MR) is 117 cm³/mol. The van der Waals surface area contributed by atoms with Gasteiger partial charge in [-0.25, -0.2) is 18.9 Å². The lowest BCUT2D eigenvalue weighted by Crippen LogP contribution is -2.52. The van der Waals surface area contributed by atoms with Crippen molar-refractivity contribution in [2.45, 2.75) is 37.6 Å². The number of nitrogens with zero attached hydrogens (tertiary/aromatic N) is 5. The number of ether oxygens (including phenoxy) is 1. The quantitative estimate of drug-likeness (QED) is 0.441. The van der Waals surface area contributed by atoms with Crippen molar-refractivity contribution in [1.82, 2.24) is 19.7 Å². The van der Waals surface area contributed by atoms with Crippen molar-refractivity contribution < 1.29 is 36.6 Å². The van der Waals surface area contributed by atoms with E-state index in [1.807, 2.05) is 0 Å². The fraction of sp³-hybridized carbons (Fsp3) is 0.348. The average molecular weight is 511 g/mol. The highest BCUT2D eigenvalue weighted by Gasteiger charge is 2.46. The Morgan fingerprint density at radius 2 is 1.75 bits per heavy atom. The van der Waals surface area contributed by atoms with Gasteiger partial charge in [-0.15, -0.1) is 0 Å². The van der Waals surface area contributed by atoms with Gasteiger partial charge in [0.2, 0.25) is 0 Å². The topological polar surface area (TPSA) is 83.7 Å². The second kappa shape index (κ2) is 9.72. The van der Waals surface area contributed by atoms with Crippen molar-refractivity contribution >= 4 is 11.7 Å². The highest BCUT2D eigenvalue weighted by molar-refractivity contribution is 5.94. The van der Waals surface area contributed by atoms with Crippen LogP contribution in [0.25, 0.3) is 0 Å². The molecular weight excluding hydrogens is 489 g/mol. The normalized spacial score (nSPS) is 16.9. The van der Waals surface area contributed by atoms with Gasteiger partial charge in [0.1, 0.15) is 29.8 Å². The lowest BCUT2D eigenvalue weighted by Gasteiger charge is -2.39. The second-order valence-electron chi connectivity index (χ2n) is 8.29. The van der Waals surface area contributed by atoms with Crippen LogP contribution in [0.15, 0.2) is 61.2 Å². The molecule has 192 valence electrons. The van der Waals surface area contributed by atoms with Crippen molar-refractivity contribution in [1.29, 1.82) is 0 Å². The Bertz CT molecular complexity index is 1180. The van der Waals surface area contributed by atoms with Gasteiger partial charge >= 0.3 is 18.6 Å². The molecule has 1 aromatic heterocycles. The minimum absolute atomic E-state index is 0.0754. The number of carbonyl (C=O) groups excluding carboxylic acids is 1. The first-order valence-corrected chi connectivity index (χ1v) is 10.9. The van der Waals surface area contributed by atoms with Gasteiger partial charge in [-0.3, -0.25) is 4.90 Å². The van der Waals surface area contributed by atoms with Gasteiger partial charge in [0.25, 0.3) is 0 Å². The van der Waals surface area contributed by atoms with Crippen LogP contribution < -0.4 is 9.64 Å². The average Bonchev–Trinajstić information content (AvgIpc) is 3.48. The molecule has 1 aliphatic rings. The van der Waals surface area contributed by atoms with E-state index < -0.39 is 41.8 Å². The summed E-state index contributed by atoms with van der Waals surface area (Å²) >= 11 is 0. The van der Waals surface area contributed by atoms with E-state index in [9.17, 15) is 31.9 Å². The summed E-state index contributed by atoms with van der Waals surface area (Å²) in [5.74, 6) is -0.976. The summed E-state index contributed by atoms with van der Waals surface area (Å²) in [7, 11) is 0. The summed E-state index contributed by atoms with van der Waals surface area (Å²) in [5, 5.41) is 15.8.